The first kappa shape index (κ1) is 12.5. The third kappa shape index (κ3) is 2.51. The molecule has 0 spiro atoms. The van der Waals surface area contributed by atoms with E-state index in [1.807, 2.05) is 0 Å². The first-order valence-electron chi connectivity index (χ1n) is 5.02. The summed E-state index contributed by atoms with van der Waals surface area (Å²) >= 11 is 0. The molecule has 16 heavy (non-hydrogen) atoms. The van der Waals surface area contributed by atoms with Crippen LogP contribution in [0.2, 0.25) is 0 Å². The first-order chi connectivity index (χ1) is 7.47. The van der Waals surface area contributed by atoms with Crippen LogP contribution in [-0.4, -0.2) is 18.2 Å². The minimum absolute atomic E-state index is 0.114. The molecule has 0 aliphatic heterocycles. The number of halogens is 1. The lowest BCUT2D eigenvalue weighted by molar-refractivity contribution is -0.137. The number of hydrogen-bond donors (Lipinski definition) is 1. The molecule has 1 N–H and O–H groups in total. The maximum atomic E-state index is 13.6. The Bertz CT molecular complexity index is 401. The smallest absolute Gasteiger partial charge is 0.303 e. The van der Waals surface area contributed by atoms with Crippen LogP contribution >= 0.6 is 0 Å². The van der Waals surface area contributed by atoms with Crippen molar-refractivity contribution in [1.29, 1.82) is 0 Å². The summed E-state index contributed by atoms with van der Waals surface area (Å²) in [4.78, 5) is 10.6. The van der Waals surface area contributed by atoms with E-state index in [9.17, 15) is 9.18 Å². The molecule has 1 aromatic rings. The SMILES string of the molecule is COc1c(C)ccc(F)c1C(C)CC(=O)O. The van der Waals surface area contributed by atoms with Crippen molar-refractivity contribution < 1.29 is 19.0 Å². The molecule has 0 heterocycles. The Balaban J connectivity index is 3.19. The zero-order valence-corrected chi connectivity index (χ0v) is 9.58. The highest BCUT2D eigenvalue weighted by Gasteiger charge is 2.20. The van der Waals surface area contributed by atoms with E-state index in [1.54, 1.807) is 19.9 Å². The fraction of sp³-hybridized carbons (Fsp3) is 0.417. The maximum absolute atomic E-state index is 13.6. The number of carboxylic acid groups (broad SMARTS) is 1. The summed E-state index contributed by atoms with van der Waals surface area (Å²) in [7, 11) is 1.46. The number of ether oxygens (including phenoxy) is 1. The van der Waals surface area contributed by atoms with Crippen LogP contribution < -0.4 is 4.74 Å². The van der Waals surface area contributed by atoms with Gasteiger partial charge in [0.2, 0.25) is 0 Å². The molecule has 88 valence electrons. The number of hydrogen-bond acceptors (Lipinski definition) is 2. The van der Waals surface area contributed by atoms with Gasteiger partial charge in [0.25, 0.3) is 0 Å². The van der Waals surface area contributed by atoms with Gasteiger partial charge >= 0.3 is 5.97 Å². The van der Waals surface area contributed by atoms with Gasteiger partial charge in [-0.05, 0) is 24.5 Å². The van der Waals surface area contributed by atoms with Gasteiger partial charge in [0.05, 0.1) is 13.5 Å². The van der Waals surface area contributed by atoms with Crippen LogP contribution in [0.5, 0.6) is 5.75 Å². The largest absolute Gasteiger partial charge is 0.496 e. The Kier molecular flexibility index (Phi) is 3.88. The van der Waals surface area contributed by atoms with E-state index < -0.39 is 17.7 Å². The number of benzene rings is 1. The average Bonchev–Trinajstić information content (AvgIpc) is 2.19. The van der Waals surface area contributed by atoms with Gasteiger partial charge in [0.1, 0.15) is 11.6 Å². The monoisotopic (exact) mass is 226 g/mol. The number of carbonyl (C=O) groups is 1. The van der Waals surface area contributed by atoms with Gasteiger partial charge in [-0.15, -0.1) is 0 Å². The van der Waals surface area contributed by atoms with Crippen LogP contribution in [0.25, 0.3) is 0 Å². The molecule has 0 aromatic heterocycles. The topological polar surface area (TPSA) is 46.5 Å². The molecule has 0 amide bonds. The number of rotatable bonds is 4. The van der Waals surface area contributed by atoms with Crippen molar-refractivity contribution >= 4 is 5.97 Å². The van der Waals surface area contributed by atoms with Gasteiger partial charge < -0.3 is 9.84 Å². The van der Waals surface area contributed by atoms with Crippen molar-refractivity contribution in [3.8, 4) is 5.75 Å². The first-order valence-corrected chi connectivity index (χ1v) is 5.02. The summed E-state index contributed by atoms with van der Waals surface area (Å²) in [6, 6.07) is 2.96. The molecule has 1 aromatic carbocycles. The maximum Gasteiger partial charge on any atom is 0.303 e. The van der Waals surface area contributed by atoms with Crippen molar-refractivity contribution in [3.63, 3.8) is 0 Å². The molecule has 0 aliphatic rings. The molecule has 3 nitrogen and oxygen atoms in total. The molecule has 4 heteroatoms. The highest BCUT2D eigenvalue weighted by Crippen LogP contribution is 2.33. The van der Waals surface area contributed by atoms with E-state index in [4.69, 9.17) is 9.84 Å². The summed E-state index contributed by atoms with van der Waals surface area (Å²) in [5, 5.41) is 8.71. The van der Waals surface area contributed by atoms with E-state index in [2.05, 4.69) is 0 Å². The molecule has 1 atom stereocenters. The van der Waals surface area contributed by atoms with E-state index in [0.717, 1.165) is 5.56 Å². The molecule has 0 aliphatic carbocycles. The summed E-state index contributed by atoms with van der Waals surface area (Å²) in [5.41, 5.74) is 1.14. The molecule has 0 saturated carbocycles. The molecule has 0 radical (unpaired) electrons. The van der Waals surface area contributed by atoms with Crippen molar-refractivity contribution in [1.82, 2.24) is 0 Å². The van der Waals surface area contributed by atoms with Crippen molar-refractivity contribution in [3.05, 3.63) is 29.1 Å². The number of carboxylic acids is 1. The lowest BCUT2D eigenvalue weighted by Gasteiger charge is -2.16. The van der Waals surface area contributed by atoms with Crippen molar-refractivity contribution in [2.24, 2.45) is 0 Å². The van der Waals surface area contributed by atoms with Crippen LogP contribution in [0.3, 0.4) is 0 Å². The zero-order chi connectivity index (χ0) is 12.3. The lowest BCUT2D eigenvalue weighted by atomic mass is 9.94. The van der Waals surface area contributed by atoms with Crippen LogP contribution in [0, 0.1) is 12.7 Å². The van der Waals surface area contributed by atoms with Gasteiger partial charge in [0.15, 0.2) is 0 Å². The van der Waals surface area contributed by atoms with Gasteiger partial charge in [-0.2, -0.15) is 0 Å². The Morgan fingerprint density at radius 3 is 2.69 bits per heavy atom. The van der Waals surface area contributed by atoms with Crippen LogP contribution in [0.1, 0.15) is 30.4 Å². The molecular weight excluding hydrogens is 211 g/mol. The highest BCUT2D eigenvalue weighted by molar-refractivity contribution is 5.68. The summed E-state index contributed by atoms with van der Waals surface area (Å²) in [6.07, 6.45) is -0.114. The number of aliphatic carboxylic acids is 1. The molecule has 1 rings (SSSR count). The minimum atomic E-state index is -0.949. The predicted molar refractivity (Wildman–Crippen MR) is 58.4 cm³/mol. The van der Waals surface area contributed by atoms with E-state index >= 15 is 0 Å². The van der Waals surface area contributed by atoms with Gasteiger partial charge in [-0.25, -0.2) is 4.39 Å². The number of aryl methyl sites for hydroxylation is 1. The second kappa shape index (κ2) is 4.96. The second-order valence-electron chi connectivity index (χ2n) is 3.81. The second-order valence-corrected chi connectivity index (χ2v) is 3.81. The molecular formula is C12H15FO3. The highest BCUT2D eigenvalue weighted by atomic mass is 19.1. The predicted octanol–water partition coefficient (Wildman–Crippen LogP) is 2.72. The zero-order valence-electron chi connectivity index (χ0n) is 9.58. The van der Waals surface area contributed by atoms with E-state index in [1.165, 1.54) is 13.2 Å². The van der Waals surface area contributed by atoms with Crippen LogP contribution in [0.15, 0.2) is 12.1 Å². The Hall–Kier alpha value is -1.58. The Labute approximate surface area is 93.9 Å². The quantitative estimate of drug-likeness (QED) is 0.858. The van der Waals surface area contributed by atoms with Gasteiger partial charge in [0, 0.05) is 5.56 Å². The number of methoxy groups -OCH3 is 1. The minimum Gasteiger partial charge on any atom is -0.496 e. The molecule has 0 saturated heterocycles. The lowest BCUT2D eigenvalue weighted by Crippen LogP contribution is -2.07. The Morgan fingerprint density at radius 1 is 1.56 bits per heavy atom. The van der Waals surface area contributed by atoms with Crippen molar-refractivity contribution in [2.45, 2.75) is 26.2 Å². The molecule has 0 bridgehead atoms. The third-order valence-electron chi connectivity index (χ3n) is 2.52. The fourth-order valence-electron chi connectivity index (χ4n) is 1.78. The summed E-state index contributed by atoms with van der Waals surface area (Å²) in [5.74, 6) is -1.34. The summed E-state index contributed by atoms with van der Waals surface area (Å²) in [6.45, 7) is 3.48. The van der Waals surface area contributed by atoms with Gasteiger partial charge in [-0.1, -0.05) is 13.0 Å². The van der Waals surface area contributed by atoms with Crippen LogP contribution in [-0.2, 0) is 4.79 Å². The summed E-state index contributed by atoms with van der Waals surface area (Å²) < 4.78 is 18.8. The average molecular weight is 226 g/mol. The van der Waals surface area contributed by atoms with E-state index in [-0.39, 0.29) is 6.42 Å². The van der Waals surface area contributed by atoms with E-state index in [0.29, 0.717) is 11.3 Å². The third-order valence-corrected chi connectivity index (χ3v) is 2.52. The standard InChI is InChI=1S/C12H15FO3/c1-7-4-5-9(13)11(12(7)16-3)8(2)6-10(14)15/h4-5,8H,6H2,1-3H3,(H,14,15). The fourth-order valence-corrected chi connectivity index (χ4v) is 1.78. The molecule has 0 fully saturated rings. The van der Waals surface area contributed by atoms with Crippen molar-refractivity contribution in [2.75, 3.05) is 7.11 Å². The van der Waals surface area contributed by atoms with Gasteiger partial charge in [-0.3, -0.25) is 4.79 Å². The Morgan fingerprint density at radius 2 is 2.19 bits per heavy atom. The normalized spacial score (nSPS) is 12.2. The molecule has 1 unspecified atom stereocenters. The van der Waals surface area contributed by atoms with Crippen LogP contribution in [0.4, 0.5) is 4.39 Å².